The van der Waals surface area contributed by atoms with Crippen molar-refractivity contribution in [2.24, 2.45) is 0 Å². The molecular weight excluding hydrogens is 198 g/mol. The third-order valence-electron chi connectivity index (χ3n) is 3.03. The molecule has 3 nitrogen and oxygen atoms in total. The zero-order valence-electron chi connectivity index (χ0n) is 10.7. The number of aromatic nitrogens is 2. The maximum absolute atomic E-state index is 4.73. The summed E-state index contributed by atoms with van der Waals surface area (Å²) in [7, 11) is 0. The molecule has 1 aliphatic carbocycles. The van der Waals surface area contributed by atoms with Crippen LogP contribution in [-0.2, 0) is 0 Å². The first-order valence-electron chi connectivity index (χ1n) is 6.25. The fourth-order valence-electron chi connectivity index (χ4n) is 1.90. The van der Waals surface area contributed by atoms with Gasteiger partial charge < -0.3 is 5.32 Å². The van der Waals surface area contributed by atoms with E-state index >= 15 is 0 Å². The van der Waals surface area contributed by atoms with Crippen molar-refractivity contribution in [1.82, 2.24) is 9.97 Å². The second kappa shape index (κ2) is 4.40. The Labute approximate surface area is 97.7 Å². The summed E-state index contributed by atoms with van der Waals surface area (Å²) in [5.74, 6) is 3.10. The van der Waals surface area contributed by atoms with Crippen LogP contribution in [0.1, 0.15) is 62.5 Å². The Morgan fingerprint density at radius 2 is 2.00 bits per heavy atom. The summed E-state index contributed by atoms with van der Waals surface area (Å²) in [6.45, 7) is 9.46. The van der Waals surface area contributed by atoms with Crippen molar-refractivity contribution in [1.29, 1.82) is 0 Å². The van der Waals surface area contributed by atoms with Gasteiger partial charge in [-0.05, 0) is 26.7 Å². The molecule has 0 unspecified atom stereocenters. The predicted molar refractivity (Wildman–Crippen MR) is 67.0 cm³/mol. The second-order valence-corrected chi connectivity index (χ2v) is 4.90. The number of hydrogen-bond donors (Lipinski definition) is 1. The lowest BCUT2D eigenvalue weighted by atomic mass is 10.1. The Hall–Kier alpha value is -1.12. The molecule has 0 atom stereocenters. The number of nitrogens with one attached hydrogen (secondary N) is 1. The minimum Gasteiger partial charge on any atom is -0.370 e. The van der Waals surface area contributed by atoms with Gasteiger partial charge in [0.2, 0.25) is 0 Å². The highest BCUT2D eigenvalue weighted by Crippen LogP contribution is 2.41. The minimum atomic E-state index is 0.399. The first kappa shape index (κ1) is 11.4. The first-order chi connectivity index (χ1) is 7.63. The summed E-state index contributed by atoms with van der Waals surface area (Å²) in [5, 5.41) is 3.34. The molecule has 16 heavy (non-hydrogen) atoms. The van der Waals surface area contributed by atoms with E-state index in [0.717, 1.165) is 18.2 Å². The van der Waals surface area contributed by atoms with Crippen LogP contribution < -0.4 is 5.32 Å². The van der Waals surface area contributed by atoms with Gasteiger partial charge >= 0.3 is 0 Å². The molecule has 1 aliphatic rings. The predicted octanol–water partition coefficient (Wildman–Crippen LogP) is 3.22. The molecule has 0 bridgehead atoms. The van der Waals surface area contributed by atoms with Gasteiger partial charge in [-0.25, -0.2) is 9.97 Å². The quantitative estimate of drug-likeness (QED) is 0.845. The summed E-state index contributed by atoms with van der Waals surface area (Å²) < 4.78 is 0. The van der Waals surface area contributed by atoms with Gasteiger partial charge in [-0.1, -0.05) is 13.8 Å². The molecule has 0 saturated heterocycles. The van der Waals surface area contributed by atoms with E-state index in [4.69, 9.17) is 4.98 Å². The summed E-state index contributed by atoms with van der Waals surface area (Å²) in [4.78, 5) is 9.34. The van der Waals surface area contributed by atoms with E-state index in [-0.39, 0.29) is 0 Å². The lowest BCUT2D eigenvalue weighted by molar-refractivity contribution is 0.753. The van der Waals surface area contributed by atoms with E-state index in [1.165, 1.54) is 24.1 Å². The van der Waals surface area contributed by atoms with E-state index in [2.05, 4.69) is 38.0 Å². The molecule has 1 N–H and O–H groups in total. The van der Waals surface area contributed by atoms with Gasteiger partial charge in [0, 0.05) is 23.9 Å². The van der Waals surface area contributed by atoms with Crippen molar-refractivity contribution in [3.05, 3.63) is 17.1 Å². The molecule has 1 fully saturated rings. The Balaban J connectivity index is 2.42. The maximum atomic E-state index is 4.73. The van der Waals surface area contributed by atoms with Crippen LogP contribution in [0.5, 0.6) is 0 Å². The topological polar surface area (TPSA) is 37.8 Å². The molecule has 1 saturated carbocycles. The smallest absolute Gasteiger partial charge is 0.133 e. The summed E-state index contributed by atoms with van der Waals surface area (Å²) in [6.07, 6.45) is 2.59. The highest BCUT2D eigenvalue weighted by atomic mass is 15.0. The van der Waals surface area contributed by atoms with E-state index in [0.29, 0.717) is 11.8 Å². The monoisotopic (exact) mass is 219 g/mol. The Morgan fingerprint density at radius 1 is 1.31 bits per heavy atom. The number of hydrogen-bond acceptors (Lipinski definition) is 3. The van der Waals surface area contributed by atoms with Gasteiger partial charge in [0.1, 0.15) is 11.6 Å². The van der Waals surface area contributed by atoms with Crippen LogP contribution >= 0.6 is 0 Å². The van der Waals surface area contributed by atoms with Crippen LogP contribution in [0.4, 0.5) is 5.82 Å². The minimum absolute atomic E-state index is 0.399. The van der Waals surface area contributed by atoms with Crippen molar-refractivity contribution in [3.63, 3.8) is 0 Å². The third-order valence-corrected chi connectivity index (χ3v) is 3.03. The molecule has 0 aromatic carbocycles. The van der Waals surface area contributed by atoms with Crippen molar-refractivity contribution in [2.75, 3.05) is 11.9 Å². The van der Waals surface area contributed by atoms with E-state index in [1.807, 2.05) is 0 Å². The van der Waals surface area contributed by atoms with Gasteiger partial charge in [0.05, 0.1) is 5.69 Å². The standard InChI is InChI=1S/C13H21N3/c1-5-14-13-9(4)11(10-6-7-10)15-12(16-13)8(2)3/h8,10H,5-7H2,1-4H3,(H,14,15,16). The van der Waals surface area contributed by atoms with Crippen molar-refractivity contribution in [3.8, 4) is 0 Å². The average Bonchev–Trinajstić information content (AvgIpc) is 3.04. The summed E-state index contributed by atoms with van der Waals surface area (Å²) in [5.41, 5.74) is 2.52. The molecular formula is C13H21N3. The fraction of sp³-hybridized carbons (Fsp3) is 0.692. The van der Waals surface area contributed by atoms with Gasteiger partial charge in [-0.3, -0.25) is 0 Å². The Kier molecular flexibility index (Phi) is 3.13. The van der Waals surface area contributed by atoms with Crippen LogP contribution in [0, 0.1) is 6.92 Å². The first-order valence-corrected chi connectivity index (χ1v) is 6.25. The van der Waals surface area contributed by atoms with Crippen molar-refractivity contribution < 1.29 is 0 Å². The summed E-state index contributed by atoms with van der Waals surface area (Å²) >= 11 is 0. The SMILES string of the molecule is CCNc1nc(C(C)C)nc(C2CC2)c1C. The Morgan fingerprint density at radius 3 is 2.50 bits per heavy atom. The lowest BCUT2D eigenvalue weighted by Crippen LogP contribution is -2.10. The molecule has 1 heterocycles. The molecule has 0 amide bonds. The van der Waals surface area contributed by atoms with E-state index < -0.39 is 0 Å². The molecule has 2 rings (SSSR count). The van der Waals surface area contributed by atoms with Crippen LogP contribution in [-0.4, -0.2) is 16.5 Å². The largest absolute Gasteiger partial charge is 0.370 e. The highest BCUT2D eigenvalue weighted by molar-refractivity contribution is 5.47. The van der Waals surface area contributed by atoms with Gasteiger partial charge in [0.15, 0.2) is 0 Å². The third kappa shape index (κ3) is 2.18. The molecule has 0 aliphatic heterocycles. The second-order valence-electron chi connectivity index (χ2n) is 4.90. The number of anilines is 1. The van der Waals surface area contributed by atoms with Gasteiger partial charge in [0.25, 0.3) is 0 Å². The van der Waals surface area contributed by atoms with Crippen LogP contribution in [0.3, 0.4) is 0 Å². The zero-order chi connectivity index (χ0) is 11.7. The van der Waals surface area contributed by atoms with Crippen molar-refractivity contribution in [2.45, 2.75) is 52.4 Å². The van der Waals surface area contributed by atoms with Crippen molar-refractivity contribution >= 4 is 5.82 Å². The zero-order valence-corrected chi connectivity index (χ0v) is 10.7. The Bertz CT molecular complexity index is 381. The lowest BCUT2D eigenvalue weighted by Gasteiger charge is -2.14. The van der Waals surface area contributed by atoms with Crippen LogP contribution in [0.15, 0.2) is 0 Å². The molecule has 88 valence electrons. The molecule has 1 aromatic rings. The van der Waals surface area contributed by atoms with Crippen LogP contribution in [0.25, 0.3) is 0 Å². The molecule has 3 heteroatoms. The number of nitrogens with zero attached hydrogens (tertiary/aromatic N) is 2. The molecule has 1 aromatic heterocycles. The normalized spacial score (nSPS) is 15.6. The van der Waals surface area contributed by atoms with Crippen LogP contribution in [0.2, 0.25) is 0 Å². The van der Waals surface area contributed by atoms with Gasteiger partial charge in [-0.2, -0.15) is 0 Å². The molecule has 0 spiro atoms. The number of rotatable bonds is 4. The highest BCUT2D eigenvalue weighted by Gasteiger charge is 2.28. The fourth-order valence-corrected chi connectivity index (χ4v) is 1.90. The maximum Gasteiger partial charge on any atom is 0.133 e. The molecule has 0 radical (unpaired) electrons. The summed E-state index contributed by atoms with van der Waals surface area (Å²) in [6, 6.07) is 0. The van der Waals surface area contributed by atoms with E-state index in [9.17, 15) is 0 Å². The average molecular weight is 219 g/mol. The van der Waals surface area contributed by atoms with E-state index in [1.54, 1.807) is 0 Å². The van der Waals surface area contributed by atoms with Gasteiger partial charge in [-0.15, -0.1) is 0 Å².